The first-order valence-corrected chi connectivity index (χ1v) is 9.44. The Morgan fingerprint density at radius 3 is 2.77 bits per heavy atom. The van der Waals surface area contributed by atoms with Crippen molar-refractivity contribution in [2.45, 2.75) is 26.2 Å². The first-order chi connectivity index (χ1) is 10.5. The van der Waals surface area contributed by atoms with Gasteiger partial charge in [0.1, 0.15) is 0 Å². The molecule has 0 saturated carbocycles. The van der Waals surface area contributed by atoms with Gasteiger partial charge in [-0.25, -0.2) is 12.7 Å². The Morgan fingerprint density at radius 1 is 1.32 bits per heavy atom. The molecule has 0 aromatic rings. The van der Waals surface area contributed by atoms with Crippen molar-refractivity contribution in [3.63, 3.8) is 0 Å². The van der Waals surface area contributed by atoms with Gasteiger partial charge in [-0.05, 0) is 19.3 Å². The van der Waals surface area contributed by atoms with E-state index in [4.69, 9.17) is 9.47 Å². The largest absolute Gasteiger partial charge is 0.382 e. The lowest BCUT2D eigenvalue weighted by atomic mass is 9.99. The number of methoxy groups -OCH3 is 1. The van der Waals surface area contributed by atoms with E-state index in [9.17, 15) is 13.2 Å². The van der Waals surface area contributed by atoms with Gasteiger partial charge in [-0.2, -0.15) is 0 Å². The van der Waals surface area contributed by atoms with E-state index in [0.717, 1.165) is 12.8 Å². The Morgan fingerprint density at radius 2 is 2.09 bits per heavy atom. The van der Waals surface area contributed by atoms with Gasteiger partial charge in [-0.1, -0.05) is 6.92 Å². The first-order valence-electron chi connectivity index (χ1n) is 7.83. The molecule has 8 heteroatoms. The van der Waals surface area contributed by atoms with Crippen LogP contribution in [0.5, 0.6) is 0 Å². The smallest absolute Gasteiger partial charge is 0.224 e. The maximum atomic E-state index is 12.1. The molecule has 130 valence electrons. The van der Waals surface area contributed by atoms with Crippen LogP contribution in [0.1, 0.15) is 26.2 Å². The molecule has 1 rings (SSSR count). The third-order valence-electron chi connectivity index (χ3n) is 3.59. The summed E-state index contributed by atoms with van der Waals surface area (Å²) in [6, 6.07) is 0. The fraction of sp³-hybridized carbons (Fsp3) is 0.929. The molecule has 1 fully saturated rings. The number of hydrogen-bond donors (Lipinski definition) is 1. The maximum Gasteiger partial charge on any atom is 0.224 e. The molecular weight excluding hydrogens is 308 g/mol. The van der Waals surface area contributed by atoms with Gasteiger partial charge in [0.2, 0.25) is 15.9 Å². The summed E-state index contributed by atoms with van der Waals surface area (Å²) in [6.45, 7) is 4.54. The van der Waals surface area contributed by atoms with E-state index >= 15 is 0 Å². The van der Waals surface area contributed by atoms with Gasteiger partial charge >= 0.3 is 0 Å². The van der Waals surface area contributed by atoms with Crippen molar-refractivity contribution in [1.29, 1.82) is 0 Å². The Kier molecular flexibility index (Phi) is 8.92. The van der Waals surface area contributed by atoms with E-state index < -0.39 is 10.0 Å². The molecule has 22 heavy (non-hydrogen) atoms. The molecule has 0 bridgehead atoms. The molecule has 0 spiro atoms. The van der Waals surface area contributed by atoms with Gasteiger partial charge in [0, 0.05) is 26.7 Å². The highest BCUT2D eigenvalue weighted by atomic mass is 32.2. The maximum absolute atomic E-state index is 12.1. The minimum atomic E-state index is -3.22. The van der Waals surface area contributed by atoms with E-state index in [1.807, 2.05) is 6.92 Å². The number of ether oxygens (including phenoxy) is 2. The fourth-order valence-corrected chi connectivity index (χ4v) is 4.02. The van der Waals surface area contributed by atoms with Crippen molar-refractivity contribution >= 4 is 15.9 Å². The molecule has 1 saturated heterocycles. The van der Waals surface area contributed by atoms with Crippen LogP contribution in [0.15, 0.2) is 0 Å². The number of sulfonamides is 1. The Bertz CT molecular complexity index is 427. The fourth-order valence-electron chi connectivity index (χ4n) is 2.43. The molecule has 1 aliphatic heterocycles. The monoisotopic (exact) mass is 336 g/mol. The number of carbonyl (C=O) groups is 1. The Hall–Kier alpha value is -0.700. The molecule has 0 aromatic carbocycles. The highest BCUT2D eigenvalue weighted by Crippen LogP contribution is 2.20. The zero-order chi connectivity index (χ0) is 16.4. The summed E-state index contributed by atoms with van der Waals surface area (Å²) in [5.41, 5.74) is 0. The van der Waals surface area contributed by atoms with E-state index in [2.05, 4.69) is 5.32 Å². The second kappa shape index (κ2) is 10.1. The zero-order valence-corrected chi connectivity index (χ0v) is 14.4. The average molecular weight is 336 g/mol. The summed E-state index contributed by atoms with van der Waals surface area (Å²) >= 11 is 0. The number of hydrogen-bond acceptors (Lipinski definition) is 5. The van der Waals surface area contributed by atoms with Crippen LogP contribution < -0.4 is 5.32 Å². The van der Waals surface area contributed by atoms with Crippen LogP contribution in [0.3, 0.4) is 0 Å². The third kappa shape index (κ3) is 6.60. The Balaban J connectivity index is 2.33. The Labute approximate surface area is 133 Å². The minimum absolute atomic E-state index is 0.0910. The van der Waals surface area contributed by atoms with Gasteiger partial charge in [-0.15, -0.1) is 0 Å². The molecule has 1 N–H and O–H groups in total. The van der Waals surface area contributed by atoms with Crippen molar-refractivity contribution in [3.8, 4) is 0 Å². The van der Waals surface area contributed by atoms with Crippen LogP contribution in [0, 0.1) is 5.92 Å². The molecule has 1 amide bonds. The number of amides is 1. The predicted octanol–water partition coefficient (Wildman–Crippen LogP) is 0.217. The van der Waals surface area contributed by atoms with Gasteiger partial charge in [0.15, 0.2) is 0 Å². The molecule has 0 radical (unpaired) electrons. The van der Waals surface area contributed by atoms with Crippen LogP contribution in [0.25, 0.3) is 0 Å². The lowest BCUT2D eigenvalue weighted by Gasteiger charge is -2.31. The van der Waals surface area contributed by atoms with Crippen LogP contribution in [0.2, 0.25) is 0 Å². The predicted molar refractivity (Wildman–Crippen MR) is 84.1 cm³/mol. The van der Waals surface area contributed by atoms with Crippen LogP contribution in [-0.2, 0) is 24.3 Å². The average Bonchev–Trinajstić information content (AvgIpc) is 2.50. The molecule has 1 unspecified atom stereocenters. The van der Waals surface area contributed by atoms with Crippen molar-refractivity contribution < 1.29 is 22.7 Å². The summed E-state index contributed by atoms with van der Waals surface area (Å²) in [6.07, 6.45) is 2.05. The van der Waals surface area contributed by atoms with Crippen molar-refractivity contribution in [1.82, 2.24) is 9.62 Å². The summed E-state index contributed by atoms with van der Waals surface area (Å²) in [7, 11) is -1.62. The number of piperidine rings is 1. The SMILES string of the molecule is CCCS(=O)(=O)N1CCCC(C(=O)NCCOCCOC)C1. The van der Waals surface area contributed by atoms with Gasteiger partial charge in [0.25, 0.3) is 0 Å². The van der Waals surface area contributed by atoms with Crippen LogP contribution in [-0.4, -0.2) is 70.9 Å². The molecule has 7 nitrogen and oxygen atoms in total. The number of rotatable bonds is 10. The van der Waals surface area contributed by atoms with Gasteiger partial charge < -0.3 is 14.8 Å². The zero-order valence-electron chi connectivity index (χ0n) is 13.5. The van der Waals surface area contributed by atoms with E-state index in [1.165, 1.54) is 4.31 Å². The highest BCUT2D eigenvalue weighted by Gasteiger charge is 2.31. The van der Waals surface area contributed by atoms with E-state index in [1.54, 1.807) is 7.11 Å². The summed E-state index contributed by atoms with van der Waals surface area (Å²) < 4.78 is 35.7. The molecule has 1 atom stereocenters. The molecule has 0 aromatic heterocycles. The minimum Gasteiger partial charge on any atom is -0.382 e. The first kappa shape index (κ1) is 19.3. The number of nitrogens with zero attached hydrogens (tertiary/aromatic N) is 1. The van der Waals surface area contributed by atoms with Crippen LogP contribution in [0.4, 0.5) is 0 Å². The van der Waals surface area contributed by atoms with E-state index in [0.29, 0.717) is 45.9 Å². The van der Waals surface area contributed by atoms with Gasteiger partial charge in [0.05, 0.1) is 31.5 Å². The topological polar surface area (TPSA) is 84.9 Å². The lowest BCUT2D eigenvalue weighted by Crippen LogP contribution is -2.46. The van der Waals surface area contributed by atoms with E-state index in [-0.39, 0.29) is 17.6 Å². The quantitative estimate of drug-likeness (QED) is 0.577. The van der Waals surface area contributed by atoms with Crippen molar-refractivity contribution in [2.75, 3.05) is 52.3 Å². The molecular formula is C14H28N2O5S. The third-order valence-corrected chi connectivity index (χ3v) is 5.63. The second-order valence-corrected chi connectivity index (χ2v) is 7.50. The summed E-state index contributed by atoms with van der Waals surface area (Å²) in [5, 5.41) is 2.81. The summed E-state index contributed by atoms with van der Waals surface area (Å²) in [4.78, 5) is 12.1. The van der Waals surface area contributed by atoms with Crippen LogP contribution >= 0.6 is 0 Å². The molecule has 1 heterocycles. The lowest BCUT2D eigenvalue weighted by molar-refractivity contribution is -0.126. The second-order valence-electron chi connectivity index (χ2n) is 5.41. The van der Waals surface area contributed by atoms with Crippen molar-refractivity contribution in [3.05, 3.63) is 0 Å². The number of carbonyl (C=O) groups excluding carboxylic acids is 1. The molecule has 0 aliphatic carbocycles. The molecule has 1 aliphatic rings. The number of nitrogens with one attached hydrogen (secondary N) is 1. The standard InChI is InChI=1S/C14H28N2O5S/c1-3-11-22(18,19)16-7-4-5-13(12-16)14(17)15-6-8-21-10-9-20-2/h13H,3-12H2,1-2H3,(H,15,17). The van der Waals surface area contributed by atoms with Gasteiger partial charge in [-0.3, -0.25) is 4.79 Å². The van der Waals surface area contributed by atoms with Crippen molar-refractivity contribution in [2.24, 2.45) is 5.92 Å². The normalized spacial score (nSPS) is 20.0. The summed E-state index contributed by atoms with van der Waals surface area (Å²) in [5.74, 6) is -0.208. The highest BCUT2D eigenvalue weighted by molar-refractivity contribution is 7.89.